The van der Waals surface area contributed by atoms with E-state index in [0.717, 1.165) is 6.08 Å². The number of hydrogen-bond acceptors (Lipinski definition) is 9. The number of hydrogen-bond donors (Lipinski definition) is 0. The monoisotopic (exact) mass is 520 g/mol. The van der Waals surface area contributed by atoms with E-state index in [1.165, 1.54) is 64.1 Å². The van der Waals surface area contributed by atoms with E-state index in [-0.39, 0.29) is 39.4 Å². The normalized spacial score (nSPS) is 15.3. The van der Waals surface area contributed by atoms with Crippen LogP contribution in [-0.4, -0.2) is 35.4 Å². The van der Waals surface area contributed by atoms with Crippen molar-refractivity contribution in [1.82, 2.24) is 0 Å². The van der Waals surface area contributed by atoms with E-state index in [1.54, 1.807) is 0 Å². The van der Waals surface area contributed by atoms with Gasteiger partial charge in [-0.15, -0.1) is 0 Å². The van der Waals surface area contributed by atoms with E-state index >= 15 is 0 Å². The van der Waals surface area contributed by atoms with Crippen LogP contribution in [0.15, 0.2) is 96.9 Å². The molecule has 0 saturated heterocycles. The van der Waals surface area contributed by atoms with Crippen molar-refractivity contribution in [3.8, 4) is 5.75 Å². The average molecular weight is 521 g/mol. The molecule has 2 rings (SSSR count). The van der Waals surface area contributed by atoms with E-state index in [2.05, 4.69) is 26.3 Å². The molecule has 1 aromatic carbocycles. The number of ether oxygens (including phenoxy) is 4. The predicted octanol–water partition coefficient (Wildman–Crippen LogP) is 4.47. The summed E-state index contributed by atoms with van der Waals surface area (Å²) in [7, 11) is 0. The summed E-state index contributed by atoms with van der Waals surface area (Å²) in [6.45, 7) is 19.7. The minimum atomic E-state index is -2.37. The molecule has 0 radical (unpaired) electrons. The van der Waals surface area contributed by atoms with Crippen LogP contribution >= 0.6 is 0 Å². The fourth-order valence-corrected chi connectivity index (χ4v) is 2.92. The van der Waals surface area contributed by atoms with Gasteiger partial charge in [0.25, 0.3) is 5.79 Å². The third-order valence-corrected chi connectivity index (χ3v) is 4.97. The van der Waals surface area contributed by atoms with Crippen molar-refractivity contribution in [2.45, 2.75) is 33.5 Å². The molecular weight excluding hydrogens is 492 g/mol. The largest absolute Gasteiger partial charge is 0.423 e. The molecule has 1 aromatic rings. The highest BCUT2D eigenvalue weighted by atomic mass is 16.7. The molecule has 9 nitrogen and oxygen atoms in total. The molecule has 1 aliphatic rings. The lowest BCUT2D eigenvalue weighted by Crippen LogP contribution is -2.49. The second-order valence-corrected chi connectivity index (χ2v) is 8.67. The molecule has 0 aliphatic heterocycles. The van der Waals surface area contributed by atoms with E-state index in [4.69, 9.17) is 18.9 Å². The highest BCUT2D eigenvalue weighted by Gasteiger charge is 2.50. The van der Waals surface area contributed by atoms with Crippen LogP contribution in [0.3, 0.4) is 0 Å². The summed E-state index contributed by atoms with van der Waals surface area (Å²) >= 11 is 0. The first-order chi connectivity index (χ1) is 17.7. The predicted molar refractivity (Wildman–Crippen MR) is 137 cm³/mol. The first-order valence-corrected chi connectivity index (χ1v) is 11.2. The van der Waals surface area contributed by atoms with Crippen LogP contribution in [0.5, 0.6) is 5.75 Å². The Kier molecular flexibility index (Phi) is 9.27. The molecule has 1 aliphatic carbocycles. The summed E-state index contributed by atoms with van der Waals surface area (Å²) in [6, 6.07) is 5.53. The number of ketones is 1. The summed E-state index contributed by atoms with van der Waals surface area (Å²) < 4.78 is 21.4. The molecule has 0 fully saturated rings. The second kappa shape index (κ2) is 12.0. The molecule has 0 bridgehead atoms. The number of esters is 4. The quantitative estimate of drug-likeness (QED) is 0.144. The van der Waals surface area contributed by atoms with Crippen LogP contribution in [0.1, 0.15) is 38.1 Å². The Morgan fingerprint density at radius 2 is 1.13 bits per heavy atom. The number of carbonyl (C=O) groups is 5. The maximum atomic E-state index is 13.6. The molecule has 1 unspecified atom stereocenters. The Morgan fingerprint density at radius 3 is 1.58 bits per heavy atom. The zero-order valence-corrected chi connectivity index (χ0v) is 21.6. The van der Waals surface area contributed by atoms with Crippen LogP contribution in [0.2, 0.25) is 0 Å². The molecule has 0 spiro atoms. The summed E-state index contributed by atoms with van der Waals surface area (Å²) in [5.74, 6) is -7.80. The Labute approximate surface area is 220 Å². The van der Waals surface area contributed by atoms with Crippen LogP contribution in [0.4, 0.5) is 0 Å². The van der Waals surface area contributed by atoms with Crippen molar-refractivity contribution >= 4 is 29.7 Å². The topological polar surface area (TPSA) is 122 Å². The van der Waals surface area contributed by atoms with Crippen LogP contribution in [-0.2, 0) is 33.4 Å². The zero-order valence-electron chi connectivity index (χ0n) is 21.6. The third-order valence-electron chi connectivity index (χ3n) is 4.97. The van der Waals surface area contributed by atoms with E-state index in [0.29, 0.717) is 0 Å². The van der Waals surface area contributed by atoms with Gasteiger partial charge in [-0.05, 0) is 58.0 Å². The molecular formula is C29H28O9. The maximum absolute atomic E-state index is 13.6. The maximum Gasteiger partial charge on any atom is 0.338 e. The molecule has 0 N–H and O–H groups in total. The summed E-state index contributed by atoms with van der Waals surface area (Å²) in [5.41, 5.74) is 0.278. The Morgan fingerprint density at radius 1 is 0.684 bits per heavy atom. The van der Waals surface area contributed by atoms with Gasteiger partial charge in [0, 0.05) is 33.9 Å². The van der Waals surface area contributed by atoms with Crippen LogP contribution in [0, 0.1) is 5.92 Å². The molecule has 0 aromatic heterocycles. The van der Waals surface area contributed by atoms with E-state index in [9.17, 15) is 24.0 Å². The molecule has 1 atom stereocenters. The first-order valence-electron chi connectivity index (χ1n) is 11.2. The van der Waals surface area contributed by atoms with E-state index in [1.807, 2.05) is 0 Å². The van der Waals surface area contributed by atoms with Gasteiger partial charge in [-0.3, -0.25) is 4.79 Å². The smallest absolute Gasteiger partial charge is 0.338 e. The van der Waals surface area contributed by atoms with Crippen molar-refractivity contribution in [3.63, 3.8) is 0 Å². The van der Waals surface area contributed by atoms with Gasteiger partial charge in [0.05, 0.1) is 0 Å². The lowest BCUT2D eigenvalue weighted by molar-refractivity contribution is -0.214. The molecule has 0 heterocycles. The summed E-state index contributed by atoms with van der Waals surface area (Å²) in [5, 5.41) is 0. The highest BCUT2D eigenvalue weighted by Crippen LogP contribution is 2.37. The third kappa shape index (κ3) is 7.13. The first kappa shape index (κ1) is 29.4. The van der Waals surface area contributed by atoms with Gasteiger partial charge in [0.15, 0.2) is 5.78 Å². The number of benzene rings is 1. The van der Waals surface area contributed by atoms with Gasteiger partial charge in [-0.25, -0.2) is 19.2 Å². The van der Waals surface area contributed by atoms with Crippen molar-refractivity contribution in [1.29, 1.82) is 0 Å². The second-order valence-electron chi connectivity index (χ2n) is 8.67. The van der Waals surface area contributed by atoms with Crippen molar-refractivity contribution in [2.75, 3.05) is 0 Å². The standard InChI is InChI=1S/C29H28O9/c1-16(2)25(31)35-21-11-9-20(10-12-21)24(30)23-14-13-22(36-26(32)17(3)4)15-29(23,37-27(33)18(5)6)38-28(34)19(7)8/h9-15,23H,1,3,5,7H2,2,4,6,8H3. The molecule has 38 heavy (non-hydrogen) atoms. The van der Waals surface area contributed by atoms with Crippen LogP contribution in [0.25, 0.3) is 0 Å². The van der Waals surface area contributed by atoms with Gasteiger partial charge >= 0.3 is 23.9 Å². The lowest BCUT2D eigenvalue weighted by Gasteiger charge is -2.36. The lowest BCUT2D eigenvalue weighted by atomic mass is 9.85. The number of allylic oxidation sites excluding steroid dienone is 1. The van der Waals surface area contributed by atoms with Crippen LogP contribution < -0.4 is 4.74 Å². The van der Waals surface area contributed by atoms with Crippen molar-refractivity contribution < 1.29 is 42.9 Å². The molecule has 198 valence electrons. The van der Waals surface area contributed by atoms with Crippen molar-refractivity contribution in [3.05, 3.63) is 102 Å². The SMILES string of the molecule is C=C(C)C(=O)OC1=CC(OC(=O)C(=C)C)(OC(=O)C(=C)C)C(C(=O)c2ccc(OC(=O)C(=C)C)cc2)C=C1. The highest BCUT2D eigenvalue weighted by molar-refractivity contribution is 6.01. The number of carbonyl (C=O) groups excluding carboxylic acids is 5. The van der Waals surface area contributed by atoms with Gasteiger partial charge in [-0.2, -0.15) is 0 Å². The fourth-order valence-electron chi connectivity index (χ4n) is 2.92. The minimum Gasteiger partial charge on any atom is -0.423 e. The molecule has 0 amide bonds. The summed E-state index contributed by atoms with van der Waals surface area (Å²) in [4.78, 5) is 62.8. The molecule has 0 saturated carbocycles. The zero-order chi connectivity index (χ0) is 28.8. The Bertz CT molecular complexity index is 1280. The molecule has 9 heteroatoms. The van der Waals surface area contributed by atoms with Gasteiger partial charge in [0.2, 0.25) is 0 Å². The van der Waals surface area contributed by atoms with Crippen molar-refractivity contribution in [2.24, 2.45) is 5.92 Å². The van der Waals surface area contributed by atoms with Gasteiger partial charge in [0.1, 0.15) is 17.4 Å². The number of rotatable bonds is 10. The Balaban J connectivity index is 2.59. The number of Topliss-reactive ketones (excluding diaryl/α,β-unsaturated/α-hetero) is 1. The fraction of sp³-hybridized carbons (Fsp3) is 0.207. The Hall–Kier alpha value is -4.79. The van der Waals surface area contributed by atoms with Gasteiger partial charge in [-0.1, -0.05) is 32.4 Å². The van der Waals surface area contributed by atoms with Gasteiger partial charge < -0.3 is 18.9 Å². The average Bonchev–Trinajstić information content (AvgIpc) is 2.83. The summed E-state index contributed by atoms with van der Waals surface area (Å²) in [6.07, 6.45) is 3.62. The minimum absolute atomic E-state index is 0.0472. The van der Waals surface area contributed by atoms with E-state index < -0.39 is 41.4 Å².